The Balaban J connectivity index is 2.02. The van der Waals surface area contributed by atoms with Gasteiger partial charge in [0.15, 0.2) is 0 Å². The zero-order valence-electron chi connectivity index (χ0n) is 12.3. The Morgan fingerprint density at radius 1 is 1.30 bits per heavy atom. The third kappa shape index (κ3) is 5.08. The first-order valence-corrected chi connectivity index (χ1v) is 8.30. The van der Waals surface area contributed by atoms with Crippen molar-refractivity contribution in [3.05, 3.63) is 29.8 Å². The average Bonchev–Trinajstić information content (AvgIpc) is 2.52. The maximum Gasteiger partial charge on any atom is 0.393 e. The highest BCUT2D eigenvalue weighted by atomic mass is 32.2. The second kappa shape index (κ2) is 7.50. The molecule has 1 heterocycles. The highest BCUT2D eigenvalue weighted by molar-refractivity contribution is 7.69. The maximum atomic E-state index is 12.9. The molecular weight excluding hydrogens is 333 g/mol. The van der Waals surface area contributed by atoms with Crippen molar-refractivity contribution >= 4 is 10.9 Å². The number of hydrogen-bond donors (Lipinski definition) is 2. The van der Waals surface area contributed by atoms with Crippen molar-refractivity contribution in [3.63, 3.8) is 0 Å². The lowest BCUT2D eigenvalue weighted by Crippen LogP contribution is -2.46. The Labute approximate surface area is 134 Å². The van der Waals surface area contributed by atoms with Gasteiger partial charge in [0.1, 0.15) is 5.75 Å². The number of hydrogen-bond acceptors (Lipinski definition) is 4. The predicted octanol–water partition coefficient (Wildman–Crippen LogP) is 1.55. The zero-order chi connectivity index (χ0) is 17.0. The summed E-state index contributed by atoms with van der Waals surface area (Å²) in [5, 5.41) is 0. The van der Waals surface area contributed by atoms with E-state index in [0.29, 0.717) is 12.3 Å². The summed E-state index contributed by atoms with van der Waals surface area (Å²) in [6.07, 6.45) is -4.55. The van der Waals surface area contributed by atoms with Crippen LogP contribution >= 0.6 is 0 Å². The summed E-state index contributed by atoms with van der Waals surface area (Å²) in [7, 11) is -3.03. The van der Waals surface area contributed by atoms with Crippen LogP contribution in [0.3, 0.4) is 0 Å². The van der Waals surface area contributed by atoms with Gasteiger partial charge in [0, 0.05) is 25.6 Å². The summed E-state index contributed by atoms with van der Waals surface area (Å²) >= 11 is 0. The van der Waals surface area contributed by atoms with E-state index in [-0.39, 0.29) is 19.6 Å². The van der Waals surface area contributed by atoms with Gasteiger partial charge < -0.3 is 10.5 Å². The van der Waals surface area contributed by atoms with Crippen LogP contribution in [-0.4, -0.2) is 38.6 Å². The lowest BCUT2D eigenvalue weighted by molar-refractivity contribution is -0.187. The standard InChI is InChI=1S/C14H19F3N2O3S/c15-14(16,17)12-4-11(7-19(8-12)23(20)21)9-22-13-3-1-2-10(5-13)6-18/h1-3,5,11-12,23H,4,6-9,18H2/t11-,12-/m0/s1. The molecule has 1 saturated heterocycles. The number of nitrogens with two attached hydrogens (primary N) is 1. The fourth-order valence-electron chi connectivity index (χ4n) is 2.65. The van der Waals surface area contributed by atoms with Crippen LogP contribution < -0.4 is 10.5 Å². The molecule has 2 rings (SSSR count). The molecule has 0 bridgehead atoms. The fraction of sp³-hybridized carbons (Fsp3) is 0.571. The molecule has 5 nitrogen and oxygen atoms in total. The minimum absolute atomic E-state index is 0.0281. The molecule has 1 aromatic carbocycles. The van der Waals surface area contributed by atoms with E-state index in [0.717, 1.165) is 9.87 Å². The lowest BCUT2D eigenvalue weighted by Gasteiger charge is -2.35. The molecule has 0 amide bonds. The van der Waals surface area contributed by atoms with Gasteiger partial charge in [0.2, 0.25) is 10.9 Å². The molecule has 130 valence electrons. The van der Waals surface area contributed by atoms with Crippen molar-refractivity contribution < 1.29 is 26.3 Å². The van der Waals surface area contributed by atoms with Crippen LogP contribution in [-0.2, 0) is 17.4 Å². The Bertz CT molecular complexity index is 599. The van der Waals surface area contributed by atoms with E-state index in [1.54, 1.807) is 18.2 Å². The van der Waals surface area contributed by atoms with Crippen LogP contribution in [0.15, 0.2) is 24.3 Å². The molecule has 0 spiro atoms. The van der Waals surface area contributed by atoms with Crippen molar-refractivity contribution in [2.75, 3.05) is 19.7 Å². The molecular formula is C14H19F3N2O3S. The van der Waals surface area contributed by atoms with Crippen LogP contribution in [0.2, 0.25) is 0 Å². The van der Waals surface area contributed by atoms with E-state index in [4.69, 9.17) is 10.5 Å². The van der Waals surface area contributed by atoms with Crippen molar-refractivity contribution in [1.29, 1.82) is 0 Å². The molecule has 9 heteroatoms. The third-order valence-electron chi connectivity index (χ3n) is 3.83. The SMILES string of the molecule is NCc1cccc(OC[C@H]2C[C@H](C(F)(F)F)CN([SH](=O)=O)C2)c1. The van der Waals surface area contributed by atoms with Gasteiger partial charge in [-0.1, -0.05) is 12.1 Å². The number of thiol groups is 1. The molecule has 0 aromatic heterocycles. The van der Waals surface area contributed by atoms with Gasteiger partial charge in [-0.3, -0.25) is 0 Å². The molecule has 1 aliphatic rings. The van der Waals surface area contributed by atoms with E-state index in [1.165, 1.54) is 0 Å². The largest absolute Gasteiger partial charge is 0.493 e. The summed E-state index contributed by atoms with van der Waals surface area (Å²) in [5.74, 6) is -1.65. The van der Waals surface area contributed by atoms with Crippen molar-refractivity contribution in [1.82, 2.24) is 4.31 Å². The molecule has 0 aliphatic carbocycles. The number of nitrogens with zero attached hydrogens (tertiary/aromatic N) is 1. The van der Waals surface area contributed by atoms with E-state index >= 15 is 0 Å². The van der Waals surface area contributed by atoms with Crippen LogP contribution in [0.4, 0.5) is 13.2 Å². The summed E-state index contributed by atoms with van der Waals surface area (Å²) in [6.45, 7) is -0.106. The van der Waals surface area contributed by atoms with E-state index in [9.17, 15) is 21.6 Å². The maximum absolute atomic E-state index is 12.9. The van der Waals surface area contributed by atoms with Crippen molar-refractivity contribution in [2.45, 2.75) is 19.1 Å². The third-order valence-corrected chi connectivity index (χ3v) is 4.62. The second-order valence-corrected chi connectivity index (χ2v) is 6.65. The van der Waals surface area contributed by atoms with E-state index in [2.05, 4.69) is 0 Å². The molecule has 2 atom stereocenters. The molecule has 23 heavy (non-hydrogen) atoms. The van der Waals surface area contributed by atoms with Gasteiger partial charge in [-0.05, 0) is 24.1 Å². The molecule has 0 unspecified atom stereocenters. The average molecular weight is 352 g/mol. The Kier molecular flexibility index (Phi) is 5.88. The minimum atomic E-state index is -4.41. The summed E-state index contributed by atoms with van der Waals surface area (Å²) in [5.41, 5.74) is 6.37. The summed E-state index contributed by atoms with van der Waals surface area (Å²) < 4.78 is 67.3. The first-order chi connectivity index (χ1) is 10.8. The van der Waals surface area contributed by atoms with Gasteiger partial charge in [-0.2, -0.15) is 13.2 Å². The number of piperidine rings is 1. The Morgan fingerprint density at radius 2 is 2.04 bits per heavy atom. The normalized spacial score (nSPS) is 23.2. The van der Waals surface area contributed by atoms with Gasteiger partial charge in [-0.15, -0.1) is 0 Å². The monoisotopic (exact) mass is 352 g/mol. The lowest BCUT2D eigenvalue weighted by atomic mass is 9.90. The van der Waals surface area contributed by atoms with Gasteiger partial charge in [0.25, 0.3) is 0 Å². The first kappa shape index (κ1) is 18.0. The van der Waals surface area contributed by atoms with E-state index in [1.807, 2.05) is 6.07 Å². The Hall–Kier alpha value is -1.32. The van der Waals surface area contributed by atoms with Crippen LogP contribution in [0, 0.1) is 11.8 Å². The zero-order valence-corrected chi connectivity index (χ0v) is 13.2. The van der Waals surface area contributed by atoms with Crippen molar-refractivity contribution in [3.8, 4) is 5.75 Å². The van der Waals surface area contributed by atoms with Crippen LogP contribution in [0.1, 0.15) is 12.0 Å². The summed E-state index contributed by atoms with van der Waals surface area (Å²) in [6, 6.07) is 6.97. The summed E-state index contributed by atoms with van der Waals surface area (Å²) in [4.78, 5) is 0. The number of alkyl halides is 3. The first-order valence-electron chi connectivity index (χ1n) is 7.17. The highest BCUT2D eigenvalue weighted by Crippen LogP contribution is 2.35. The number of benzene rings is 1. The van der Waals surface area contributed by atoms with Crippen molar-refractivity contribution in [2.24, 2.45) is 17.6 Å². The smallest absolute Gasteiger partial charge is 0.393 e. The molecule has 0 radical (unpaired) electrons. The van der Waals surface area contributed by atoms with Gasteiger partial charge >= 0.3 is 6.18 Å². The second-order valence-electron chi connectivity index (χ2n) is 5.61. The topological polar surface area (TPSA) is 72.6 Å². The fourth-order valence-corrected chi connectivity index (χ4v) is 3.34. The number of ether oxygens (including phenoxy) is 1. The molecule has 1 aromatic rings. The molecule has 1 aliphatic heterocycles. The van der Waals surface area contributed by atoms with Gasteiger partial charge in [0.05, 0.1) is 12.5 Å². The Morgan fingerprint density at radius 3 is 2.65 bits per heavy atom. The number of rotatable bonds is 5. The molecule has 0 saturated carbocycles. The molecule has 2 N–H and O–H groups in total. The predicted molar refractivity (Wildman–Crippen MR) is 79.4 cm³/mol. The van der Waals surface area contributed by atoms with Crippen LogP contribution in [0.5, 0.6) is 5.75 Å². The number of halogens is 3. The van der Waals surface area contributed by atoms with Gasteiger partial charge in [-0.25, -0.2) is 12.7 Å². The minimum Gasteiger partial charge on any atom is -0.493 e. The van der Waals surface area contributed by atoms with Crippen LogP contribution in [0.25, 0.3) is 0 Å². The quantitative estimate of drug-likeness (QED) is 0.789. The highest BCUT2D eigenvalue weighted by Gasteiger charge is 2.45. The van der Waals surface area contributed by atoms with E-state index < -0.39 is 35.4 Å². The molecule has 1 fully saturated rings.